The fraction of sp³-hybridized carbons (Fsp3) is 0.526. The van der Waals surface area contributed by atoms with Gasteiger partial charge in [0.2, 0.25) is 0 Å². The molecule has 1 unspecified atom stereocenters. The van der Waals surface area contributed by atoms with Gasteiger partial charge in [0.05, 0.1) is 6.61 Å². The molecule has 0 saturated carbocycles. The first kappa shape index (κ1) is 23.0. The van der Waals surface area contributed by atoms with Crippen LogP contribution in [0.5, 0.6) is 0 Å². The molecule has 26 heavy (non-hydrogen) atoms. The van der Waals surface area contributed by atoms with E-state index in [1.807, 2.05) is 18.2 Å². The smallest absolute Gasteiger partial charge is 0.348 e. The molecule has 0 radical (unpaired) electrons. The molecule has 0 spiro atoms. The van der Waals surface area contributed by atoms with Crippen molar-refractivity contribution in [1.82, 2.24) is 0 Å². The Bertz CT molecular complexity index is 611. The average Bonchev–Trinajstić information content (AvgIpc) is 2.49. The van der Waals surface area contributed by atoms with Crippen molar-refractivity contribution in [2.75, 3.05) is 6.61 Å². The fourth-order valence-electron chi connectivity index (χ4n) is 2.83. The number of esters is 1. The van der Waals surface area contributed by atoms with Crippen molar-refractivity contribution in [3.63, 3.8) is 0 Å². The maximum atomic E-state index is 11.5. The van der Waals surface area contributed by atoms with Crippen LogP contribution in [0.4, 0.5) is 0 Å². The van der Waals surface area contributed by atoms with E-state index in [0.29, 0.717) is 12.2 Å². The summed E-state index contributed by atoms with van der Waals surface area (Å²) in [5, 5.41) is 1.18. The zero-order valence-electron chi connectivity index (χ0n) is 17.3. The normalized spacial score (nSPS) is 14.6. The van der Waals surface area contributed by atoms with Crippen LogP contribution >= 0.6 is 0 Å². The van der Waals surface area contributed by atoms with Crippen LogP contribution in [-0.4, -0.2) is 37.8 Å². The highest BCUT2D eigenvalue weighted by molar-refractivity contribution is 6.94. The lowest BCUT2D eigenvalue weighted by Gasteiger charge is -2.40. The molecular formula is C19H34O4Si3. The van der Waals surface area contributed by atoms with Gasteiger partial charge in [-0.15, -0.1) is 0 Å². The molecule has 0 aromatic heterocycles. The van der Waals surface area contributed by atoms with Gasteiger partial charge in [0, 0.05) is 5.57 Å². The molecule has 4 nitrogen and oxygen atoms in total. The number of rotatable bonds is 10. The Morgan fingerprint density at radius 1 is 1.00 bits per heavy atom. The Morgan fingerprint density at radius 3 is 2.08 bits per heavy atom. The fourth-order valence-corrected chi connectivity index (χ4v) is 15.4. The molecule has 7 heteroatoms. The lowest BCUT2D eigenvalue weighted by atomic mass is 10.4. The third-order valence-corrected chi connectivity index (χ3v) is 14.5. The molecule has 0 amide bonds. The van der Waals surface area contributed by atoms with Crippen molar-refractivity contribution in [1.29, 1.82) is 0 Å². The third-order valence-electron chi connectivity index (χ3n) is 3.77. The Morgan fingerprint density at radius 2 is 1.58 bits per heavy atom. The maximum Gasteiger partial charge on any atom is 0.348 e. The van der Waals surface area contributed by atoms with Gasteiger partial charge in [-0.3, -0.25) is 0 Å². The van der Waals surface area contributed by atoms with Gasteiger partial charge in [-0.1, -0.05) is 36.9 Å². The van der Waals surface area contributed by atoms with Gasteiger partial charge >= 0.3 is 14.5 Å². The Kier molecular flexibility index (Phi) is 8.22. The van der Waals surface area contributed by atoms with Crippen molar-refractivity contribution in [3.8, 4) is 0 Å². The van der Waals surface area contributed by atoms with Crippen LogP contribution in [-0.2, 0) is 17.8 Å². The van der Waals surface area contributed by atoms with Crippen LogP contribution in [0.2, 0.25) is 45.3 Å². The molecular weight excluding hydrogens is 376 g/mol. The molecule has 0 aliphatic heterocycles. The summed E-state index contributed by atoms with van der Waals surface area (Å²) in [6.07, 6.45) is 0.796. The maximum absolute atomic E-state index is 11.5. The molecule has 0 aliphatic rings. The van der Waals surface area contributed by atoms with E-state index in [1.54, 1.807) is 6.92 Å². The van der Waals surface area contributed by atoms with Gasteiger partial charge in [-0.2, -0.15) is 0 Å². The lowest BCUT2D eigenvalue weighted by molar-refractivity contribution is -0.138. The first-order chi connectivity index (χ1) is 11.8. The number of ether oxygens (including phenoxy) is 1. The summed E-state index contributed by atoms with van der Waals surface area (Å²) < 4.78 is 18.6. The van der Waals surface area contributed by atoms with Crippen molar-refractivity contribution >= 4 is 36.4 Å². The summed E-state index contributed by atoms with van der Waals surface area (Å²) in [5.41, 5.74) is 0.436. The van der Waals surface area contributed by atoms with E-state index in [0.717, 1.165) is 12.5 Å². The number of hydrogen-bond acceptors (Lipinski definition) is 4. The summed E-state index contributed by atoms with van der Waals surface area (Å²) >= 11 is 0. The van der Waals surface area contributed by atoms with Crippen LogP contribution < -0.4 is 5.19 Å². The van der Waals surface area contributed by atoms with E-state index >= 15 is 0 Å². The standard InChI is InChI=1S/C19H34O4Si3/c1-17(2)19(20)21-15-12-16-25(6,7)23-26(8,22-24(3,4)5)18-13-10-9-11-14-18/h9-11,13-14H,1,12,15-16H2,2-8H3. The predicted octanol–water partition coefficient (Wildman–Crippen LogP) is 4.55. The number of carbonyl (C=O) groups excluding carboxylic acids is 1. The van der Waals surface area contributed by atoms with E-state index in [2.05, 4.69) is 58.0 Å². The minimum Gasteiger partial charge on any atom is -0.462 e. The van der Waals surface area contributed by atoms with Crippen molar-refractivity contribution in [2.45, 2.75) is 58.7 Å². The van der Waals surface area contributed by atoms with Gasteiger partial charge in [0.25, 0.3) is 0 Å². The minimum atomic E-state index is -2.49. The van der Waals surface area contributed by atoms with Crippen LogP contribution in [0.15, 0.2) is 42.5 Å². The Labute approximate surface area is 162 Å². The predicted molar refractivity (Wildman–Crippen MR) is 116 cm³/mol. The number of carbonyl (C=O) groups is 1. The second-order valence-corrected chi connectivity index (χ2v) is 20.8. The van der Waals surface area contributed by atoms with Gasteiger partial charge < -0.3 is 13.0 Å². The van der Waals surface area contributed by atoms with E-state index < -0.39 is 25.2 Å². The van der Waals surface area contributed by atoms with Crippen LogP contribution in [0.25, 0.3) is 0 Å². The zero-order valence-corrected chi connectivity index (χ0v) is 20.3. The van der Waals surface area contributed by atoms with Crippen LogP contribution in [0, 0.1) is 0 Å². The molecule has 0 heterocycles. The highest BCUT2D eigenvalue weighted by atomic mass is 28.5. The molecule has 146 valence electrons. The monoisotopic (exact) mass is 410 g/mol. The van der Waals surface area contributed by atoms with Gasteiger partial charge in [-0.25, -0.2) is 4.79 Å². The quantitative estimate of drug-likeness (QED) is 0.246. The van der Waals surface area contributed by atoms with Crippen molar-refractivity contribution < 1.29 is 17.8 Å². The molecule has 0 saturated heterocycles. The topological polar surface area (TPSA) is 44.8 Å². The molecule has 1 atom stereocenters. The molecule has 1 aromatic carbocycles. The van der Waals surface area contributed by atoms with Crippen molar-refractivity contribution in [3.05, 3.63) is 42.5 Å². The lowest BCUT2D eigenvalue weighted by Crippen LogP contribution is -2.60. The number of benzene rings is 1. The summed E-state index contributed by atoms with van der Waals surface area (Å²) in [4.78, 5) is 11.5. The molecule has 1 aromatic rings. The van der Waals surface area contributed by atoms with E-state index in [-0.39, 0.29) is 5.97 Å². The molecule has 0 aliphatic carbocycles. The molecule has 1 rings (SSSR count). The van der Waals surface area contributed by atoms with E-state index in [4.69, 9.17) is 13.0 Å². The van der Waals surface area contributed by atoms with Crippen LogP contribution in [0.1, 0.15) is 13.3 Å². The molecule has 0 bridgehead atoms. The van der Waals surface area contributed by atoms with Gasteiger partial charge in [-0.05, 0) is 63.9 Å². The van der Waals surface area contributed by atoms with Crippen LogP contribution in [0.3, 0.4) is 0 Å². The third kappa shape index (κ3) is 8.13. The second-order valence-electron chi connectivity index (χ2n) is 8.41. The Balaban J connectivity index is 2.79. The molecule has 0 N–H and O–H groups in total. The summed E-state index contributed by atoms with van der Waals surface area (Å²) in [5.74, 6) is -0.323. The van der Waals surface area contributed by atoms with E-state index in [1.165, 1.54) is 5.19 Å². The van der Waals surface area contributed by atoms with Gasteiger partial charge in [0.1, 0.15) is 0 Å². The summed E-state index contributed by atoms with van der Waals surface area (Å²) in [7, 11) is -6.23. The zero-order chi connectivity index (χ0) is 20.0. The number of hydrogen-bond donors (Lipinski definition) is 0. The first-order valence-electron chi connectivity index (χ1n) is 9.13. The van der Waals surface area contributed by atoms with E-state index in [9.17, 15) is 4.79 Å². The van der Waals surface area contributed by atoms with Gasteiger partial charge in [0.15, 0.2) is 16.6 Å². The SMILES string of the molecule is C=C(C)C(=O)OCCC[Si](C)(C)O[Si](C)(O[Si](C)(C)C)c1ccccc1. The second kappa shape index (κ2) is 9.27. The highest BCUT2D eigenvalue weighted by Crippen LogP contribution is 2.24. The first-order valence-corrected chi connectivity index (χ1v) is 18.0. The average molecular weight is 411 g/mol. The van der Waals surface area contributed by atoms with Crippen molar-refractivity contribution in [2.24, 2.45) is 0 Å². The highest BCUT2D eigenvalue weighted by Gasteiger charge is 2.43. The minimum absolute atomic E-state index is 0.323. The summed E-state index contributed by atoms with van der Waals surface area (Å²) in [6, 6.07) is 11.3. The molecule has 0 fully saturated rings. The largest absolute Gasteiger partial charge is 0.462 e. The summed E-state index contributed by atoms with van der Waals surface area (Å²) in [6.45, 7) is 18.9. The Hall–Kier alpha value is -0.999.